The zero-order chi connectivity index (χ0) is 15.9. The molecule has 0 bridgehead atoms. The number of nitrogens with zero attached hydrogens (tertiary/aromatic N) is 1. The van der Waals surface area contributed by atoms with Crippen molar-refractivity contribution in [3.63, 3.8) is 0 Å². The Balaban J connectivity index is 3.12. The third kappa shape index (κ3) is 2.51. The lowest BCUT2D eigenvalue weighted by Gasteiger charge is -2.59. The molecule has 3 atom stereocenters. The number of amides is 1. The molecular formula is C14H27NO4Si. The van der Waals surface area contributed by atoms with Crippen molar-refractivity contribution < 1.29 is 19.4 Å². The maximum atomic E-state index is 12.4. The third-order valence-corrected chi connectivity index (χ3v) is 10.4. The van der Waals surface area contributed by atoms with Crippen LogP contribution in [0.25, 0.3) is 0 Å². The summed E-state index contributed by atoms with van der Waals surface area (Å²) >= 11 is 0. The van der Waals surface area contributed by atoms with Gasteiger partial charge in [-0.1, -0.05) is 33.9 Å². The zero-order valence-corrected chi connectivity index (χ0v) is 14.6. The lowest BCUT2D eigenvalue weighted by molar-refractivity contribution is -0.161. The van der Waals surface area contributed by atoms with E-state index in [1.807, 2.05) is 4.57 Å². The van der Waals surface area contributed by atoms with Crippen LogP contribution in [0, 0.1) is 11.8 Å². The molecule has 0 aromatic heterocycles. The minimum Gasteiger partial charge on any atom is -0.469 e. The van der Waals surface area contributed by atoms with E-state index in [1.165, 1.54) is 7.11 Å². The molecular weight excluding hydrogens is 274 g/mol. The van der Waals surface area contributed by atoms with E-state index in [9.17, 15) is 14.7 Å². The quantitative estimate of drug-likeness (QED) is 0.487. The van der Waals surface area contributed by atoms with E-state index < -0.39 is 20.1 Å². The molecule has 0 radical (unpaired) electrons. The summed E-state index contributed by atoms with van der Waals surface area (Å²) in [5.41, 5.74) is 0. The molecule has 0 aromatic carbocycles. The van der Waals surface area contributed by atoms with Gasteiger partial charge in [-0.25, -0.2) is 0 Å². The second kappa shape index (κ2) is 5.48. The Hall–Kier alpha value is -0.883. The van der Waals surface area contributed by atoms with Gasteiger partial charge >= 0.3 is 5.97 Å². The minimum absolute atomic E-state index is 0.00280. The van der Waals surface area contributed by atoms with Crippen LogP contribution in [0.2, 0.25) is 18.1 Å². The number of carbonyl (C=O) groups is 2. The molecule has 0 unspecified atom stereocenters. The van der Waals surface area contributed by atoms with E-state index in [-0.39, 0.29) is 29.6 Å². The molecule has 1 saturated heterocycles. The number of hydrogen-bond donors (Lipinski definition) is 1. The highest BCUT2D eigenvalue weighted by Crippen LogP contribution is 2.46. The summed E-state index contributed by atoms with van der Waals surface area (Å²) in [5, 5.41) is 9.43. The Morgan fingerprint density at radius 2 is 1.95 bits per heavy atom. The number of esters is 1. The SMILES string of the molecule is COC(=O)[C@H](C)[C@@H]1[C@@H](CO)C(=O)N1[Si](C)(C)C(C)(C)C. The van der Waals surface area contributed by atoms with Crippen molar-refractivity contribution in [3.8, 4) is 0 Å². The number of aliphatic hydroxyl groups is 1. The predicted molar refractivity (Wildman–Crippen MR) is 79.6 cm³/mol. The number of rotatable bonds is 4. The average molecular weight is 301 g/mol. The Morgan fingerprint density at radius 1 is 1.45 bits per heavy atom. The molecule has 5 nitrogen and oxygen atoms in total. The first kappa shape index (κ1) is 17.2. The molecule has 1 heterocycles. The third-order valence-electron chi connectivity index (χ3n) is 4.98. The van der Waals surface area contributed by atoms with Gasteiger partial charge < -0.3 is 14.4 Å². The molecule has 20 heavy (non-hydrogen) atoms. The van der Waals surface area contributed by atoms with Gasteiger partial charge in [0.05, 0.1) is 31.6 Å². The Kier molecular flexibility index (Phi) is 4.71. The standard InChI is InChI=1S/C14H27NO4Si/c1-9(13(18)19-5)11-10(8-16)12(17)15(11)20(6,7)14(2,3)4/h9-11,16H,8H2,1-7H3/t9-,10-,11-/m1/s1. The Labute approximate surface area is 122 Å². The van der Waals surface area contributed by atoms with Gasteiger partial charge in [0.1, 0.15) is 0 Å². The molecule has 0 aromatic rings. The van der Waals surface area contributed by atoms with Crippen LogP contribution in [0.3, 0.4) is 0 Å². The lowest BCUT2D eigenvalue weighted by atomic mass is 9.82. The van der Waals surface area contributed by atoms with E-state index in [0.29, 0.717) is 0 Å². The highest BCUT2D eigenvalue weighted by Gasteiger charge is 2.59. The number of methoxy groups -OCH3 is 1. The number of β-lactam (4-membered cyclic amide) rings is 1. The van der Waals surface area contributed by atoms with Crippen molar-refractivity contribution in [2.45, 2.75) is 51.9 Å². The first-order valence-corrected chi connectivity index (χ1v) is 9.97. The van der Waals surface area contributed by atoms with Gasteiger partial charge in [0.25, 0.3) is 0 Å². The van der Waals surface area contributed by atoms with Crippen LogP contribution < -0.4 is 0 Å². The van der Waals surface area contributed by atoms with Crippen LogP contribution in [-0.2, 0) is 14.3 Å². The van der Waals surface area contributed by atoms with Crippen LogP contribution in [-0.4, -0.2) is 49.5 Å². The summed E-state index contributed by atoms with van der Waals surface area (Å²) in [4.78, 5) is 24.2. The van der Waals surface area contributed by atoms with Gasteiger partial charge in [-0.05, 0) is 12.0 Å². The first-order chi connectivity index (χ1) is 9.00. The second-order valence-electron chi connectivity index (χ2n) is 7.11. The van der Waals surface area contributed by atoms with Gasteiger partial charge in [-0.15, -0.1) is 0 Å². The van der Waals surface area contributed by atoms with E-state index in [1.54, 1.807) is 6.92 Å². The van der Waals surface area contributed by atoms with Crippen molar-refractivity contribution in [1.82, 2.24) is 4.57 Å². The fourth-order valence-electron chi connectivity index (χ4n) is 2.66. The minimum atomic E-state index is -2.06. The van der Waals surface area contributed by atoms with Crippen molar-refractivity contribution in [2.75, 3.05) is 13.7 Å². The van der Waals surface area contributed by atoms with Crippen molar-refractivity contribution >= 4 is 20.1 Å². The Bertz CT molecular complexity index is 402. The second-order valence-corrected chi connectivity index (χ2v) is 12.2. The topological polar surface area (TPSA) is 66.8 Å². The van der Waals surface area contributed by atoms with Crippen LogP contribution in [0.4, 0.5) is 0 Å². The summed E-state index contributed by atoms with van der Waals surface area (Å²) in [6, 6.07) is -0.249. The summed E-state index contributed by atoms with van der Waals surface area (Å²) in [6.45, 7) is 12.2. The molecule has 1 aliphatic rings. The van der Waals surface area contributed by atoms with Crippen LogP contribution >= 0.6 is 0 Å². The average Bonchev–Trinajstić information content (AvgIpc) is 2.32. The van der Waals surface area contributed by atoms with Crippen molar-refractivity contribution in [2.24, 2.45) is 11.8 Å². The van der Waals surface area contributed by atoms with Crippen molar-refractivity contribution in [3.05, 3.63) is 0 Å². The molecule has 116 valence electrons. The van der Waals surface area contributed by atoms with E-state index >= 15 is 0 Å². The van der Waals surface area contributed by atoms with Crippen LogP contribution in [0.15, 0.2) is 0 Å². The molecule has 0 aliphatic carbocycles. The van der Waals surface area contributed by atoms with Gasteiger partial charge in [0.2, 0.25) is 5.91 Å². The molecule has 1 fully saturated rings. The predicted octanol–water partition coefficient (Wildman–Crippen LogP) is 1.62. The summed E-state index contributed by atoms with van der Waals surface area (Å²) < 4.78 is 6.68. The van der Waals surface area contributed by atoms with Gasteiger partial charge in [-0.3, -0.25) is 9.59 Å². The van der Waals surface area contributed by atoms with Crippen LogP contribution in [0.5, 0.6) is 0 Å². The maximum absolute atomic E-state index is 12.4. The monoisotopic (exact) mass is 301 g/mol. The largest absolute Gasteiger partial charge is 0.469 e. The van der Waals surface area contributed by atoms with E-state index in [4.69, 9.17) is 4.74 Å². The number of hydrogen-bond acceptors (Lipinski definition) is 4. The molecule has 1 N–H and O–H groups in total. The fourth-order valence-corrected chi connectivity index (χ4v) is 5.25. The molecule has 1 amide bonds. The highest BCUT2D eigenvalue weighted by molar-refractivity contribution is 6.80. The first-order valence-electron chi connectivity index (χ1n) is 7.02. The Morgan fingerprint density at radius 3 is 2.30 bits per heavy atom. The van der Waals surface area contributed by atoms with Crippen molar-refractivity contribution in [1.29, 1.82) is 0 Å². The highest BCUT2D eigenvalue weighted by atomic mass is 28.3. The smallest absolute Gasteiger partial charge is 0.310 e. The summed E-state index contributed by atoms with van der Waals surface area (Å²) in [6.07, 6.45) is 0. The number of ether oxygens (including phenoxy) is 1. The zero-order valence-electron chi connectivity index (χ0n) is 13.6. The summed E-state index contributed by atoms with van der Waals surface area (Å²) in [5.74, 6) is -1.24. The molecule has 1 rings (SSSR count). The molecule has 0 spiro atoms. The normalized spacial score (nSPS) is 25.2. The maximum Gasteiger partial charge on any atom is 0.310 e. The van der Waals surface area contributed by atoms with E-state index in [0.717, 1.165) is 0 Å². The molecule has 1 aliphatic heterocycles. The van der Waals surface area contributed by atoms with Crippen LogP contribution in [0.1, 0.15) is 27.7 Å². The lowest BCUT2D eigenvalue weighted by Crippen LogP contribution is -2.75. The van der Waals surface area contributed by atoms with Gasteiger partial charge in [0, 0.05) is 0 Å². The number of aliphatic hydroxyl groups excluding tert-OH is 1. The molecule has 6 heteroatoms. The molecule has 0 saturated carbocycles. The van der Waals surface area contributed by atoms with Gasteiger partial charge in [-0.2, -0.15) is 0 Å². The van der Waals surface area contributed by atoms with E-state index in [2.05, 4.69) is 33.9 Å². The summed E-state index contributed by atoms with van der Waals surface area (Å²) in [7, 11) is -0.711. The van der Waals surface area contributed by atoms with Gasteiger partial charge in [0.15, 0.2) is 8.24 Å². The number of carbonyl (C=O) groups excluding carboxylic acids is 2. The fraction of sp³-hybridized carbons (Fsp3) is 0.857.